The number of carbonyl (C=O) groups is 2. The minimum Gasteiger partial charge on any atom is -0.494 e. The second-order valence-corrected chi connectivity index (χ2v) is 7.23. The van der Waals surface area contributed by atoms with E-state index < -0.39 is 0 Å². The van der Waals surface area contributed by atoms with E-state index in [4.69, 9.17) is 4.74 Å². The number of hydrogen-bond acceptors (Lipinski definition) is 3. The highest BCUT2D eigenvalue weighted by atomic mass is 16.5. The number of carbonyl (C=O) groups excluding carboxylic acids is 2. The molecule has 0 atom stereocenters. The van der Waals surface area contributed by atoms with Crippen molar-refractivity contribution in [3.8, 4) is 5.75 Å². The fourth-order valence-corrected chi connectivity index (χ4v) is 3.92. The number of likely N-dealkylation sites (tertiary alicyclic amines) is 2. The topological polar surface area (TPSA) is 49.9 Å². The molecule has 136 valence electrons. The Labute approximate surface area is 149 Å². The average Bonchev–Trinajstić information content (AvgIpc) is 2.95. The molecule has 0 saturated carbocycles. The third-order valence-electron chi connectivity index (χ3n) is 5.51. The lowest BCUT2D eigenvalue weighted by molar-refractivity contribution is -0.133. The van der Waals surface area contributed by atoms with Crippen LogP contribution < -0.4 is 4.74 Å². The van der Waals surface area contributed by atoms with E-state index in [-0.39, 0.29) is 17.2 Å². The quantitative estimate of drug-likeness (QED) is 0.746. The van der Waals surface area contributed by atoms with Crippen LogP contribution in [0.1, 0.15) is 39.0 Å². The predicted molar refractivity (Wildman–Crippen MR) is 96.3 cm³/mol. The van der Waals surface area contributed by atoms with Gasteiger partial charge >= 0.3 is 0 Å². The first kappa shape index (κ1) is 17.8. The molecule has 2 saturated heterocycles. The van der Waals surface area contributed by atoms with E-state index in [1.807, 2.05) is 47.1 Å². The third-order valence-corrected chi connectivity index (χ3v) is 5.51. The molecular weight excluding hydrogens is 316 g/mol. The SMILES string of the molecule is CCN1CC2(CCN(C(=O)CCCOc3ccccc3)CC2)CC1=O. The molecule has 1 spiro atoms. The second-order valence-electron chi connectivity index (χ2n) is 7.23. The molecule has 5 heteroatoms. The zero-order valence-corrected chi connectivity index (χ0v) is 15.1. The first-order chi connectivity index (χ1) is 12.1. The van der Waals surface area contributed by atoms with Gasteiger partial charge in [-0.05, 0) is 38.3 Å². The van der Waals surface area contributed by atoms with Crippen molar-refractivity contribution < 1.29 is 14.3 Å². The van der Waals surface area contributed by atoms with Crippen LogP contribution in [0.3, 0.4) is 0 Å². The van der Waals surface area contributed by atoms with Crippen molar-refractivity contribution in [2.75, 3.05) is 32.8 Å². The van der Waals surface area contributed by atoms with Crippen LogP contribution in [-0.2, 0) is 9.59 Å². The van der Waals surface area contributed by atoms with Gasteiger partial charge in [0.2, 0.25) is 11.8 Å². The minimum absolute atomic E-state index is 0.111. The zero-order valence-electron chi connectivity index (χ0n) is 15.1. The molecule has 0 aromatic heterocycles. The molecule has 25 heavy (non-hydrogen) atoms. The van der Waals surface area contributed by atoms with Gasteiger partial charge in [0, 0.05) is 44.4 Å². The lowest BCUT2D eigenvalue weighted by Gasteiger charge is -2.38. The number of hydrogen-bond donors (Lipinski definition) is 0. The zero-order chi connectivity index (χ0) is 17.7. The maximum atomic E-state index is 12.4. The number of para-hydroxylation sites is 1. The van der Waals surface area contributed by atoms with Gasteiger partial charge in [-0.25, -0.2) is 0 Å². The van der Waals surface area contributed by atoms with E-state index in [0.29, 0.717) is 19.4 Å². The van der Waals surface area contributed by atoms with Gasteiger partial charge in [-0.2, -0.15) is 0 Å². The van der Waals surface area contributed by atoms with Crippen molar-refractivity contribution >= 4 is 11.8 Å². The number of rotatable bonds is 6. The maximum absolute atomic E-state index is 12.4. The number of benzene rings is 1. The van der Waals surface area contributed by atoms with Gasteiger partial charge in [-0.1, -0.05) is 18.2 Å². The minimum atomic E-state index is 0.111. The van der Waals surface area contributed by atoms with Gasteiger partial charge in [-0.15, -0.1) is 0 Å². The molecule has 0 N–H and O–H groups in total. The van der Waals surface area contributed by atoms with Gasteiger partial charge in [0.1, 0.15) is 5.75 Å². The summed E-state index contributed by atoms with van der Waals surface area (Å²) >= 11 is 0. The molecule has 2 aliphatic heterocycles. The summed E-state index contributed by atoms with van der Waals surface area (Å²) < 4.78 is 5.64. The smallest absolute Gasteiger partial charge is 0.223 e. The Morgan fingerprint density at radius 1 is 1.20 bits per heavy atom. The average molecular weight is 344 g/mol. The summed E-state index contributed by atoms with van der Waals surface area (Å²) in [6.45, 7) is 5.83. The molecule has 1 aromatic carbocycles. The maximum Gasteiger partial charge on any atom is 0.223 e. The van der Waals surface area contributed by atoms with Crippen LogP contribution in [0.4, 0.5) is 0 Å². The van der Waals surface area contributed by atoms with Gasteiger partial charge in [0.15, 0.2) is 0 Å². The summed E-state index contributed by atoms with van der Waals surface area (Å²) in [5.74, 6) is 1.34. The highest BCUT2D eigenvalue weighted by Crippen LogP contribution is 2.40. The van der Waals surface area contributed by atoms with Crippen LogP contribution in [0.2, 0.25) is 0 Å². The van der Waals surface area contributed by atoms with Gasteiger partial charge < -0.3 is 14.5 Å². The number of nitrogens with zero attached hydrogens (tertiary/aromatic N) is 2. The van der Waals surface area contributed by atoms with Crippen LogP contribution in [-0.4, -0.2) is 54.4 Å². The number of amides is 2. The van der Waals surface area contributed by atoms with E-state index >= 15 is 0 Å². The molecule has 1 aromatic rings. The van der Waals surface area contributed by atoms with E-state index in [2.05, 4.69) is 0 Å². The summed E-state index contributed by atoms with van der Waals surface area (Å²) in [5.41, 5.74) is 0.111. The Morgan fingerprint density at radius 2 is 1.92 bits per heavy atom. The second kappa shape index (κ2) is 7.89. The monoisotopic (exact) mass is 344 g/mol. The van der Waals surface area contributed by atoms with E-state index in [9.17, 15) is 9.59 Å². The van der Waals surface area contributed by atoms with E-state index in [0.717, 1.165) is 51.2 Å². The fraction of sp³-hybridized carbons (Fsp3) is 0.600. The van der Waals surface area contributed by atoms with Crippen LogP contribution in [0.5, 0.6) is 5.75 Å². The lowest BCUT2D eigenvalue weighted by atomic mass is 9.77. The summed E-state index contributed by atoms with van der Waals surface area (Å²) in [5, 5.41) is 0. The molecule has 2 fully saturated rings. The summed E-state index contributed by atoms with van der Waals surface area (Å²) in [6, 6.07) is 9.69. The molecule has 5 nitrogen and oxygen atoms in total. The highest BCUT2D eigenvalue weighted by Gasteiger charge is 2.44. The molecule has 2 heterocycles. The van der Waals surface area contributed by atoms with Crippen LogP contribution in [0.15, 0.2) is 30.3 Å². The molecular formula is C20H28N2O3. The Kier molecular flexibility index (Phi) is 5.61. The largest absolute Gasteiger partial charge is 0.494 e. The molecule has 2 aliphatic rings. The van der Waals surface area contributed by atoms with Crippen molar-refractivity contribution in [3.63, 3.8) is 0 Å². The third kappa shape index (κ3) is 4.33. The van der Waals surface area contributed by atoms with Gasteiger partial charge in [0.05, 0.1) is 6.61 Å². The van der Waals surface area contributed by atoms with E-state index in [1.54, 1.807) is 0 Å². The molecule has 3 rings (SSSR count). The van der Waals surface area contributed by atoms with Crippen molar-refractivity contribution in [3.05, 3.63) is 30.3 Å². The van der Waals surface area contributed by atoms with Gasteiger partial charge in [-0.3, -0.25) is 9.59 Å². The summed E-state index contributed by atoms with van der Waals surface area (Å²) in [7, 11) is 0. The van der Waals surface area contributed by atoms with Crippen LogP contribution >= 0.6 is 0 Å². The molecule has 0 radical (unpaired) electrons. The Bertz CT molecular complexity index is 594. The van der Waals surface area contributed by atoms with E-state index in [1.165, 1.54) is 0 Å². The number of ether oxygens (including phenoxy) is 1. The van der Waals surface area contributed by atoms with Crippen molar-refractivity contribution in [1.29, 1.82) is 0 Å². The summed E-state index contributed by atoms with van der Waals surface area (Å²) in [6.07, 6.45) is 3.81. The number of piperidine rings is 1. The lowest BCUT2D eigenvalue weighted by Crippen LogP contribution is -2.44. The Morgan fingerprint density at radius 3 is 2.56 bits per heavy atom. The van der Waals surface area contributed by atoms with Crippen molar-refractivity contribution in [2.24, 2.45) is 5.41 Å². The van der Waals surface area contributed by atoms with Crippen LogP contribution in [0.25, 0.3) is 0 Å². The highest BCUT2D eigenvalue weighted by molar-refractivity contribution is 5.80. The molecule has 0 bridgehead atoms. The Balaban J connectivity index is 1.38. The van der Waals surface area contributed by atoms with Gasteiger partial charge in [0.25, 0.3) is 0 Å². The van der Waals surface area contributed by atoms with Crippen molar-refractivity contribution in [1.82, 2.24) is 9.80 Å². The normalized spacial score (nSPS) is 19.5. The summed E-state index contributed by atoms with van der Waals surface area (Å²) in [4.78, 5) is 28.3. The first-order valence-electron chi connectivity index (χ1n) is 9.35. The fourth-order valence-electron chi connectivity index (χ4n) is 3.92. The predicted octanol–water partition coefficient (Wildman–Crippen LogP) is 2.71. The van der Waals surface area contributed by atoms with Crippen molar-refractivity contribution in [2.45, 2.75) is 39.0 Å². The standard InChI is InChI=1S/C20H28N2O3/c1-2-21-16-20(15-19(21)24)10-12-22(13-11-20)18(23)9-6-14-25-17-7-4-3-5-8-17/h3-5,7-8H,2,6,9-16H2,1H3. The molecule has 0 aliphatic carbocycles. The first-order valence-corrected chi connectivity index (χ1v) is 9.35. The van der Waals surface area contributed by atoms with Crippen LogP contribution in [0, 0.1) is 5.41 Å². The molecule has 2 amide bonds. The molecule has 0 unspecified atom stereocenters. The Hall–Kier alpha value is -2.04.